The van der Waals surface area contributed by atoms with E-state index in [1.807, 2.05) is 6.92 Å². The molecule has 0 aromatic carbocycles. The number of halogens is 1. The van der Waals surface area contributed by atoms with Crippen molar-refractivity contribution >= 4 is 10.2 Å². The lowest BCUT2D eigenvalue weighted by Gasteiger charge is -2.30. The molecule has 1 aliphatic rings. The Kier molecular flexibility index (Phi) is 3.09. The van der Waals surface area contributed by atoms with Gasteiger partial charge in [0.2, 0.25) is 0 Å². The second kappa shape index (κ2) is 3.73. The summed E-state index contributed by atoms with van der Waals surface area (Å²) in [4.78, 5) is 0. The summed E-state index contributed by atoms with van der Waals surface area (Å²) in [5.74, 6) is 0.0972. The van der Waals surface area contributed by atoms with Crippen LogP contribution in [0.4, 0.5) is 3.89 Å². The Balaban J connectivity index is 2.60. The second-order valence-corrected chi connectivity index (χ2v) is 5.05. The van der Waals surface area contributed by atoms with Crippen LogP contribution in [0.1, 0.15) is 39.0 Å². The molecule has 0 bridgehead atoms. The summed E-state index contributed by atoms with van der Waals surface area (Å²) in [6.07, 6.45) is 4.04. The highest BCUT2D eigenvalue weighted by Gasteiger charge is 2.35. The van der Waals surface area contributed by atoms with E-state index in [-0.39, 0.29) is 5.92 Å². The van der Waals surface area contributed by atoms with Crippen molar-refractivity contribution < 1.29 is 12.3 Å². The summed E-state index contributed by atoms with van der Waals surface area (Å²) >= 11 is 0. The van der Waals surface area contributed by atoms with E-state index in [1.165, 1.54) is 0 Å². The third-order valence-corrected chi connectivity index (χ3v) is 3.95. The average Bonchev–Trinajstić information content (AvgIpc) is 1.80. The van der Waals surface area contributed by atoms with Crippen molar-refractivity contribution in [3.63, 3.8) is 0 Å². The Morgan fingerprint density at radius 1 is 1.50 bits per heavy atom. The SMILES string of the molecule is CCCC(C1CCC1)S(=O)(=O)F. The zero-order valence-electron chi connectivity index (χ0n) is 7.29. The van der Waals surface area contributed by atoms with Gasteiger partial charge in [-0.2, -0.15) is 8.42 Å². The molecule has 1 aliphatic carbocycles. The van der Waals surface area contributed by atoms with Gasteiger partial charge in [0.05, 0.1) is 5.25 Å². The van der Waals surface area contributed by atoms with E-state index < -0.39 is 15.5 Å². The first-order valence-electron chi connectivity index (χ1n) is 4.49. The summed E-state index contributed by atoms with van der Waals surface area (Å²) in [6.45, 7) is 1.89. The van der Waals surface area contributed by atoms with E-state index >= 15 is 0 Å². The van der Waals surface area contributed by atoms with Gasteiger partial charge in [0.1, 0.15) is 0 Å². The molecule has 4 heteroatoms. The van der Waals surface area contributed by atoms with Gasteiger partial charge in [-0.05, 0) is 25.2 Å². The van der Waals surface area contributed by atoms with Gasteiger partial charge in [0.15, 0.2) is 0 Å². The topological polar surface area (TPSA) is 34.1 Å². The maximum Gasteiger partial charge on any atom is 0.305 e. The van der Waals surface area contributed by atoms with Gasteiger partial charge in [-0.15, -0.1) is 3.89 Å². The normalized spacial score (nSPS) is 21.8. The van der Waals surface area contributed by atoms with Crippen LogP contribution in [0.15, 0.2) is 0 Å². The van der Waals surface area contributed by atoms with Crippen molar-refractivity contribution in [2.24, 2.45) is 5.92 Å². The maximum absolute atomic E-state index is 12.7. The Bertz CT molecular complexity index is 231. The van der Waals surface area contributed by atoms with Crippen molar-refractivity contribution in [1.29, 1.82) is 0 Å². The lowest BCUT2D eigenvalue weighted by Crippen LogP contribution is -2.31. The summed E-state index contributed by atoms with van der Waals surface area (Å²) < 4.78 is 34.1. The largest absolute Gasteiger partial charge is 0.305 e. The van der Waals surface area contributed by atoms with E-state index in [1.54, 1.807) is 0 Å². The van der Waals surface area contributed by atoms with Gasteiger partial charge in [-0.25, -0.2) is 0 Å². The molecular weight excluding hydrogens is 179 g/mol. The van der Waals surface area contributed by atoms with Crippen molar-refractivity contribution in [2.45, 2.75) is 44.3 Å². The maximum atomic E-state index is 12.7. The molecule has 0 aromatic rings. The Hall–Kier alpha value is -0.120. The standard InChI is InChI=1S/C8H15FO2S/c1-2-4-8(12(9,10)11)7-5-3-6-7/h7-8H,2-6H2,1H3. The first kappa shape index (κ1) is 9.96. The first-order valence-corrected chi connectivity index (χ1v) is 5.94. The van der Waals surface area contributed by atoms with E-state index in [0.29, 0.717) is 6.42 Å². The lowest BCUT2D eigenvalue weighted by atomic mass is 9.81. The van der Waals surface area contributed by atoms with Crippen molar-refractivity contribution in [3.8, 4) is 0 Å². The van der Waals surface area contributed by atoms with Gasteiger partial charge in [-0.3, -0.25) is 0 Å². The molecule has 72 valence electrons. The van der Waals surface area contributed by atoms with Gasteiger partial charge in [0.25, 0.3) is 0 Å². The molecule has 0 saturated heterocycles. The highest BCUT2D eigenvalue weighted by atomic mass is 32.3. The molecule has 0 aliphatic heterocycles. The van der Waals surface area contributed by atoms with Gasteiger partial charge < -0.3 is 0 Å². The van der Waals surface area contributed by atoms with E-state index in [0.717, 1.165) is 25.7 Å². The van der Waals surface area contributed by atoms with Crippen LogP contribution in [0, 0.1) is 5.92 Å². The van der Waals surface area contributed by atoms with Crippen LogP contribution < -0.4 is 0 Å². The minimum absolute atomic E-state index is 0.0972. The van der Waals surface area contributed by atoms with Crippen LogP contribution in [-0.4, -0.2) is 13.7 Å². The molecule has 2 nitrogen and oxygen atoms in total. The van der Waals surface area contributed by atoms with Crippen LogP contribution in [-0.2, 0) is 10.2 Å². The zero-order chi connectivity index (χ0) is 9.19. The molecule has 0 radical (unpaired) electrons. The third-order valence-electron chi connectivity index (χ3n) is 2.61. The lowest BCUT2D eigenvalue weighted by molar-refractivity contribution is 0.285. The number of hydrogen-bond donors (Lipinski definition) is 0. The van der Waals surface area contributed by atoms with Crippen molar-refractivity contribution in [3.05, 3.63) is 0 Å². The smallest absolute Gasteiger partial charge is 0.195 e. The second-order valence-electron chi connectivity index (χ2n) is 3.49. The minimum Gasteiger partial charge on any atom is -0.195 e. The van der Waals surface area contributed by atoms with E-state index in [4.69, 9.17) is 0 Å². The van der Waals surface area contributed by atoms with Crippen molar-refractivity contribution in [1.82, 2.24) is 0 Å². The average molecular weight is 194 g/mol. The minimum atomic E-state index is -4.29. The molecule has 1 saturated carbocycles. The molecule has 0 amide bonds. The molecule has 0 spiro atoms. The fourth-order valence-corrected chi connectivity index (χ4v) is 2.95. The van der Waals surface area contributed by atoms with Crippen LogP contribution in [0.2, 0.25) is 0 Å². The molecule has 0 aromatic heterocycles. The van der Waals surface area contributed by atoms with E-state index in [9.17, 15) is 12.3 Å². The molecule has 0 heterocycles. The molecule has 1 rings (SSSR count). The Labute approximate surface area is 73.4 Å². The van der Waals surface area contributed by atoms with Crippen LogP contribution in [0.5, 0.6) is 0 Å². The van der Waals surface area contributed by atoms with Gasteiger partial charge >= 0.3 is 10.2 Å². The summed E-state index contributed by atoms with van der Waals surface area (Å²) in [7, 11) is -4.29. The summed E-state index contributed by atoms with van der Waals surface area (Å²) in [6, 6.07) is 0. The fraction of sp³-hybridized carbons (Fsp3) is 1.00. The molecule has 12 heavy (non-hydrogen) atoms. The number of rotatable bonds is 4. The van der Waals surface area contributed by atoms with Crippen molar-refractivity contribution in [2.75, 3.05) is 0 Å². The molecule has 1 fully saturated rings. The third kappa shape index (κ3) is 2.19. The fourth-order valence-electron chi connectivity index (χ4n) is 1.70. The quantitative estimate of drug-likeness (QED) is 0.643. The van der Waals surface area contributed by atoms with Crippen LogP contribution >= 0.6 is 0 Å². The molecule has 0 N–H and O–H groups in total. The van der Waals surface area contributed by atoms with E-state index in [2.05, 4.69) is 0 Å². The predicted octanol–water partition coefficient (Wildman–Crippen LogP) is 2.25. The molecular formula is C8H15FO2S. The predicted molar refractivity (Wildman–Crippen MR) is 46.1 cm³/mol. The number of hydrogen-bond acceptors (Lipinski definition) is 2. The Morgan fingerprint density at radius 3 is 2.33 bits per heavy atom. The summed E-state index contributed by atoms with van der Waals surface area (Å²) in [5, 5.41) is -0.712. The van der Waals surface area contributed by atoms with Crippen LogP contribution in [0.25, 0.3) is 0 Å². The Morgan fingerprint density at radius 2 is 2.08 bits per heavy atom. The van der Waals surface area contributed by atoms with Gasteiger partial charge in [0, 0.05) is 0 Å². The molecule has 1 unspecified atom stereocenters. The zero-order valence-corrected chi connectivity index (χ0v) is 8.11. The molecule has 1 atom stereocenters. The van der Waals surface area contributed by atoms with Gasteiger partial charge in [-0.1, -0.05) is 19.8 Å². The first-order chi connectivity index (χ1) is 5.55. The summed E-state index contributed by atoms with van der Waals surface area (Å²) in [5.41, 5.74) is 0. The highest BCUT2D eigenvalue weighted by Crippen LogP contribution is 2.35. The highest BCUT2D eigenvalue weighted by molar-refractivity contribution is 7.87. The van der Waals surface area contributed by atoms with Crippen LogP contribution in [0.3, 0.4) is 0 Å². The monoisotopic (exact) mass is 194 g/mol.